The van der Waals surface area contributed by atoms with Crippen molar-refractivity contribution in [1.82, 2.24) is 5.32 Å². The van der Waals surface area contributed by atoms with E-state index in [1.54, 1.807) is 6.07 Å². The maximum Gasteiger partial charge on any atom is 0.224 e. The fourth-order valence-electron chi connectivity index (χ4n) is 1.74. The fraction of sp³-hybridized carbons (Fsp3) is 0.462. The van der Waals surface area contributed by atoms with Crippen LogP contribution in [0.2, 0.25) is 5.02 Å². The van der Waals surface area contributed by atoms with Gasteiger partial charge in [0, 0.05) is 23.2 Å². The fourth-order valence-corrected chi connectivity index (χ4v) is 1.97. The highest BCUT2D eigenvalue weighted by molar-refractivity contribution is 6.31. The Kier molecular flexibility index (Phi) is 6.09. The summed E-state index contributed by atoms with van der Waals surface area (Å²) in [5, 5.41) is 3.05. The predicted molar refractivity (Wildman–Crippen MR) is 71.0 cm³/mol. The zero-order valence-corrected chi connectivity index (χ0v) is 11.1. The van der Waals surface area contributed by atoms with E-state index in [1.807, 2.05) is 6.92 Å². The molecule has 0 bridgehead atoms. The van der Waals surface area contributed by atoms with Crippen LogP contribution in [0, 0.1) is 5.82 Å². The molecule has 0 heterocycles. The molecule has 1 rings (SSSR count). The van der Waals surface area contributed by atoms with Crippen LogP contribution in [-0.4, -0.2) is 18.5 Å². The number of rotatable bonds is 6. The summed E-state index contributed by atoms with van der Waals surface area (Å²) >= 11 is 5.86. The van der Waals surface area contributed by atoms with Gasteiger partial charge < -0.3 is 11.1 Å². The van der Waals surface area contributed by atoms with Crippen molar-refractivity contribution < 1.29 is 9.18 Å². The first-order chi connectivity index (χ1) is 8.58. The summed E-state index contributed by atoms with van der Waals surface area (Å²) in [6, 6.07) is 4.31. The minimum Gasteiger partial charge on any atom is -0.352 e. The van der Waals surface area contributed by atoms with Gasteiger partial charge in [-0.15, -0.1) is 0 Å². The Balaban J connectivity index is 2.64. The van der Waals surface area contributed by atoms with E-state index in [9.17, 15) is 9.18 Å². The van der Waals surface area contributed by atoms with Crippen LogP contribution >= 0.6 is 11.6 Å². The number of nitrogens with one attached hydrogen (secondary N) is 1. The summed E-state index contributed by atoms with van der Waals surface area (Å²) in [5.74, 6) is -0.719. The van der Waals surface area contributed by atoms with Crippen LogP contribution in [0.1, 0.15) is 25.3 Å². The molecule has 0 aliphatic heterocycles. The third-order valence-corrected chi connectivity index (χ3v) is 3.04. The molecule has 1 atom stereocenters. The van der Waals surface area contributed by atoms with E-state index in [-0.39, 0.29) is 29.0 Å². The molecule has 0 aromatic heterocycles. The molecule has 0 saturated carbocycles. The summed E-state index contributed by atoms with van der Waals surface area (Å²) in [4.78, 5) is 11.8. The predicted octanol–water partition coefficient (Wildman–Crippen LogP) is 2.27. The molecular formula is C13H18ClFN2O. The Morgan fingerprint density at radius 2 is 2.28 bits per heavy atom. The van der Waals surface area contributed by atoms with Crippen molar-refractivity contribution in [2.45, 2.75) is 32.2 Å². The van der Waals surface area contributed by atoms with E-state index in [4.69, 9.17) is 17.3 Å². The van der Waals surface area contributed by atoms with Crippen molar-refractivity contribution in [1.29, 1.82) is 0 Å². The number of benzene rings is 1. The van der Waals surface area contributed by atoms with Crippen LogP contribution in [0.5, 0.6) is 0 Å². The molecule has 0 fully saturated rings. The minimum atomic E-state index is -0.461. The molecule has 0 aliphatic carbocycles. The molecular weight excluding hydrogens is 255 g/mol. The molecule has 3 nitrogen and oxygen atoms in total. The first-order valence-corrected chi connectivity index (χ1v) is 6.38. The molecule has 1 amide bonds. The molecule has 1 aromatic carbocycles. The number of carbonyl (C=O) groups is 1. The molecule has 1 aromatic rings. The van der Waals surface area contributed by atoms with Gasteiger partial charge in [-0.25, -0.2) is 4.39 Å². The Morgan fingerprint density at radius 3 is 2.83 bits per heavy atom. The topological polar surface area (TPSA) is 55.1 Å². The van der Waals surface area contributed by atoms with Crippen LogP contribution in [-0.2, 0) is 11.2 Å². The lowest BCUT2D eigenvalue weighted by atomic mass is 10.1. The first kappa shape index (κ1) is 14.9. The number of amides is 1. The van der Waals surface area contributed by atoms with Crippen LogP contribution in [0.25, 0.3) is 0 Å². The smallest absolute Gasteiger partial charge is 0.224 e. The lowest BCUT2D eigenvalue weighted by Gasteiger charge is -2.16. The third kappa shape index (κ3) is 4.27. The van der Waals surface area contributed by atoms with E-state index in [0.29, 0.717) is 6.54 Å². The highest BCUT2D eigenvalue weighted by atomic mass is 35.5. The van der Waals surface area contributed by atoms with Gasteiger partial charge in [-0.2, -0.15) is 0 Å². The average Bonchev–Trinajstić information content (AvgIpc) is 2.33. The number of halogens is 2. The normalized spacial score (nSPS) is 12.2. The molecule has 18 heavy (non-hydrogen) atoms. The van der Waals surface area contributed by atoms with Crippen LogP contribution in [0.3, 0.4) is 0 Å². The molecule has 0 saturated heterocycles. The Labute approximate surface area is 112 Å². The standard InChI is InChI=1S/C13H18ClFN2O/c1-2-4-9(8-16)17-13(18)7-10-11(14)5-3-6-12(10)15/h3,5-6,9H,2,4,7-8,16H2,1H3,(H,17,18). The van der Waals surface area contributed by atoms with Gasteiger partial charge in [0.25, 0.3) is 0 Å². The maximum atomic E-state index is 13.5. The van der Waals surface area contributed by atoms with Crippen molar-refractivity contribution in [3.05, 3.63) is 34.6 Å². The lowest BCUT2D eigenvalue weighted by molar-refractivity contribution is -0.121. The highest BCUT2D eigenvalue weighted by Crippen LogP contribution is 2.19. The van der Waals surface area contributed by atoms with Gasteiger partial charge in [-0.3, -0.25) is 4.79 Å². The maximum absolute atomic E-state index is 13.5. The zero-order chi connectivity index (χ0) is 13.5. The van der Waals surface area contributed by atoms with E-state index in [0.717, 1.165) is 12.8 Å². The van der Waals surface area contributed by atoms with Gasteiger partial charge in [0.15, 0.2) is 0 Å². The Morgan fingerprint density at radius 1 is 1.56 bits per heavy atom. The second-order valence-corrected chi connectivity index (χ2v) is 4.57. The van der Waals surface area contributed by atoms with E-state index < -0.39 is 5.82 Å². The van der Waals surface area contributed by atoms with E-state index in [1.165, 1.54) is 12.1 Å². The quantitative estimate of drug-likeness (QED) is 0.835. The molecule has 0 radical (unpaired) electrons. The molecule has 1 unspecified atom stereocenters. The number of hydrogen-bond acceptors (Lipinski definition) is 2. The average molecular weight is 273 g/mol. The Hall–Kier alpha value is -1.13. The SMILES string of the molecule is CCCC(CN)NC(=O)Cc1c(F)cccc1Cl. The van der Waals surface area contributed by atoms with Gasteiger partial charge in [0.2, 0.25) is 5.91 Å². The zero-order valence-electron chi connectivity index (χ0n) is 10.4. The molecule has 100 valence electrons. The van der Waals surface area contributed by atoms with Gasteiger partial charge in [0.1, 0.15) is 5.82 Å². The number of nitrogens with two attached hydrogens (primary N) is 1. The monoisotopic (exact) mass is 272 g/mol. The second kappa shape index (κ2) is 7.34. The first-order valence-electron chi connectivity index (χ1n) is 6.00. The number of carbonyl (C=O) groups excluding carboxylic acids is 1. The van der Waals surface area contributed by atoms with Gasteiger partial charge in [0.05, 0.1) is 6.42 Å². The largest absolute Gasteiger partial charge is 0.352 e. The van der Waals surface area contributed by atoms with Crippen molar-refractivity contribution in [2.75, 3.05) is 6.54 Å². The molecule has 0 aliphatic rings. The van der Waals surface area contributed by atoms with Crippen LogP contribution in [0.15, 0.2) is 18.2 Å². The summed E-state index contributed by atoms with van der Waals surface area (Å²) in [7, 11) is 0. The minimum absolute atomic E-state index is 0.0620. The molecule has 0 spiro atoms. The van der Waals surface area contributed by atoms with Gasteiger partial charge >= 0.3 is 0 Å². The Bertz CT molecular complexity index is 392. The lowest BCUT2D eigenvalue weighted by Crippen LogP contribution is -2.40. The van der Waals surface area contributed by atoms with E-state index in [2.05, 4.69) is 5.32 Å². The van der Waals surface area contributed by atoms with Crippen molar-refractivity contribution in [3.63, 3.8) is 0 Å². The number of hydrogen-bond donors (Lipinski definition) is 2. The van der Waals surface area contributed by atoms with Gasteiger partial charge in [-0.1, -0.05) is 31.0 Å². The second-order valence-electron chi connectivity index (χ2n) is 4.17. The van der Waals surface area contributed by atoms with Gasteiger partial charge in [-0.05, 0) is 18.6 Å². The van der Waals surface area contributed by atoms with Crippen molar-refractivity contribution in [3.8, 4) is 0 Å². The van der Waals surface area contributed by atoms with E-state index >= 15 is 0 Å². The van der Waals surface area contributed by atoms with Crippen LogP contribution in [0.4, 0.5) is 4.39 Å². The van der Waals surface area contributed by atoms with Crippen molar-refractivity contribution in [2.24, 2.45) is 5.73 Å². The van der Waals surface area contributed by atoms with Crippen molar-refractivity contribution >= 4 is 17.5 Å². The molecule has 3 N–H and O–H groups in total. The summed E-state index contributed by atoms with van der Waals surface area (Å²) in [6.07, 6.45) is 1.68. The summed E-state index contributed by atoms with van der Waals surface area (Å²) in [5.41, 5.74) is 5.77. The highest BCUT2D eigenvalue weighted by Gasteiger charge is 2.14. The molecule has 5 heteroatoms. The summed E-state index contributed by atoms with van der Waals surface area (Å²) < 4.78 is 13.5. The van der Waals surface area contributed by atoms with Crippen LogP contribution < -0.4 is 11.1 Å². The third-order valence-electron chi connectivity index (χ3n) is 2.69. The summed E-state index contributed by atoms with van der Waals surface area (Å²) in [6.45, 7) is 2.40.